The minimum absolute atomic E-state index is 0.00376. The molecule has 1 aliphatic heterocycles. The maximum absolute atomic E-state index is 12.2. The lowest BCUT2D eigenvalue weighted by Crippen LogP contribution is -2.44. The molecule has 0 spiro atoms. The lowest BCUT2D eigenvalue weighted by atomic mass is 9.96. The third-order valence-electron chi connectivity index (χ3n) is 3.64. The molecule has 1 aromatic carbocycles. The van der Waals surface area contributed by atoms with Crippen LogP contribution in [0.15, 0.2) is 28.7 Å². The fourth-order valence-electron chi connectivity index (χ4n) is 2.57. The topological polar surface area (TPSA) is 49.4 Å². The van der Waals surface area contributed by atoms with Crippen LogP contribution in [0.2, 0.25) is 0 Å². The SMILES string of the molecule is CNC(=O)C1CCCN(CC(=O)c2cccc(Br)c2)C1. The normalized spacial score (nSPS) is 19.6. The van der Waals surface area contributed by atoms with E-state index in [0.717, 1.165) is 23.9 Å². The summed E-state index contributed by atoms with van der Waals surface area (Å²) in [4.78, 5) is 26.0. The van der Waals surface area contributed by atoms with Crippen LogP contribution in [-0.2, 0) is 4.79 Å². The summed E-state index contributed by atoms with van der Waals surface area (Å²) in [5.74, 6) is 0.178. The Labute approximate surface area is 127 Å². The van der Waals surface area contributed by atoms with Gasteiger partial charge in [-0.05, 0) is 31.5 Å². The van der Waals surface area contributed by atoms with E-state index in [-0.39, 0.29) is 17.6 Å². The minimum Gasteiger partial charge on any atom is -0.359 e. The quantitative estimate of drug-likeness (QED) is 0.855. The van der Waals surface area contributed by atoms with Crippen molar-refractivity contribution in [1.29, 1.82) is 0 Å². The standard InChI is InChI=1S/C15H19BrN2O2/c1-17-15(20)12-5-3-7-18(9-12)10-14(19)11-4-2-6-13(16)8-11/h2,4,6,8,12H,3,5,7,9-10H2,1H3,(H,17,20). The molecule has 0 saturated carbocycles. The molecule has 1 fully saturated rings. The Balaban J connectivity index is 1.96. The maximum atomic E-state index is 12.2. The van der Waals surface area contributed by atoms with Crippen molar-refractivity contribution in [2.75, 3.05) is 26.7 Å². The van der Waals surface area contributed by atoms with Gasteiger partial charge in [0.1, 0.15) is 0 Å². The molecule has 1 aromatic rings. The van der Waals surface area contributed by atoms with Crippen molar-refractivity contribution in [3.8, 4) is 0 Å². The van der Waals surface area contributed by atoms with Crippen molar-refractivity contribution >= 4 is 27.6 Å². The van der Waals surface area contributed by atoms with Crippen molar-refractivity contribution in [2.24, 2.45) is 5.92 Å². The van der Waals surface area contributed by atoms with Crippen LogP contribution < -0.4 is 5.32 Å². The number of rotatable bonds is 4. The van der Waals surface area contributed by atoms with E-state index in [1.165, 1.54) is 0 Å². The number of likely N-dealkylation sites (tertiary alicyclic amines) is 1. The molecule has 0 aromatic heterocycles. The average molecular weight is 339 g/mol. The summed E-state index contributed by atoms with van der Waals surface area (Å²) in [6.45, 7) is 1.93. The number of Topliss-reactive ketones (excluding diaryl/α,β-unsaturated/α-hetero) is 1. The first-order valence-corrected chi connectivity index (χ1v) is 7.62. The number of hydrogen-bond acceptors (Lipinski definition) is 3. The Kier molecular flexibility index (Phi) is 5.31. The van der Waals surface area contributed by atoms with Crippen LogP contribution in [-0.4, -0.2) is 43.3 Å². The first-order chi connectivity index (χ1) is 9.60. The lowest BCUT2D eigenvalue weighted by Gasteiger charge is -2.31. The number of ketones is 1. The Morgan fingerprint density at radius 2 is 2.25 bits per heavy atom. The van der Waals surface area contributed by atoms with Gasteiger partial charge < -0.3 is 5.32 Å². The van der Waals surface area contributed by atoms with Gasteiger partial charge in [0, 0.05) is 23.6 Å². The van der Waals surface area contributed by atoms with Crippen LogP contribution in [0, 0.1) is 5.92 Å². The van der Waals surface area contributed by atoms with Gasteiger partial charge in [-0.3, -0.25) is 14.5 Å². The number of nitrogens with one attached hydrogen (secondary N) is 1. The monoisotopic (exact) mass is 338 g/mol. The molecule has 0 radical (unpaired) electrons. The van der Waals surface area contributed by atoms with Crippen LogP contribution >= 0.6 is 15.9 Å². The molecule has 20 heavy (non-hydrogen) atoms. The molecule has 2 rings (SSSR count). The number of piperidine rings is 1. The molecule has 5 heteroatoms. The third-order valence-corrected chi connectivity index (χ3v) is 4.13. The number of nitrogens with zero attached hydrogens (tertiary/aromatic N) is 1. The molecule has 4 nitrogen and oxygen atoms in total. The fraction of sp³-hybridized carbons (Fsp3) is 0.467. The zero-order chi connectivity index (χ0) is 14.5. The van der Waals surface area contributed by atoms with Crippen LogP contribution in [0.1, 0.15) is 23.2 Å². The zero-order valence-corrected chi connectivity index (χ0v) is 13.1. The highest BCUT2D eigenvalue weighted by atomic mass is 79.9. The second-order valence-corrected chi connectivity index (χ2v) is 6.04. The lowest BCUT2D eigenvalue weighted by molar-refractivity contribution is -0.126. The molecule has 1 saturated heterocycles. The number of hydrogen-bond donors (Lipinski definition) is 1. The van der Waals surface area contributed by atoms with Crippen LogP contribution in [0.5, 0.6) is 0 Å². The van der Waals surface area contributed by atoms with E-state index in [4.69, 9.17) is 0 Å². The highest BCUT2D eigenvalue weighted by Crippen LogP contribution is 2.18. The summed E-state index contributed by atoms with van der Waals surface area (Å²) in [6.07, 6.45) is 1.87. The minimum atomic E-state index is 0.00376. The smallest absolute Gasteiger partial charge is 0.224 e. The Bertz CT molecular complexity index is 504. The van der Waals surface area contributed by atoms with E-state index in [1.54, 1.807) is 7.05 Å². The summed E-state index contributed by atoms with van der Waals surface area (Å²) < 4.78 is 0.908. The van der Waals surface area contributed by atoms with Gasteiger partial charge in [0.25, 0.3) is 0 Å². The predicted octanol–water partition coefficient (Wildman–Crippen LogP) is 2.09. The number of halogens is 1. The summed E-state index contributed by atoms with van der Waals surface area (Å²) in [6, 6.07) is 7.43. The van der Waals surface area contributed by atoms with Gasteiger partial charge in [0.05, 0.1) is 12.5 Å². The average Bonchev–Trinajstić information content (AvgIpc) is 2.46. The molecule has 1 unspecified atom stereocenters. The van der Waals surface area contributed by atoms with Crippen molar-refractivity contribution in [3.63, 3.8) is 0 Å². The van der Waals surface area contributed by atoms with Crippen molar-refractivity contribution in [1.82, 2.24) is 10.2 Å². The van der Waals surface area contributed by atoms with Crippen LogP contribution in [0.25, 0.3) is 0 Å². The zero-order valence-electron chi connectivity index (χ0n) is 11.6. The first kappa shape index (κ1) is 15.2. The van der Waals surface area contributed by atoms with Gasteiger partial charge in [-0.2, -0.15) is 0 Å². The Hall–Kier alpha value is -1.20. The molecular formula is C15H19BrN2O2. The molecule has 0 aliphatic carbocycles. The van der Waals surface area contributed by atoms with Gasteiger partial charge in [0.2, 0.25) is 5.91 Å². The number of benzene rings is 1. The van der Waals surface area contributed by atoms with Crippen molar-refractivity contribution < 1.29 is 9.59 Å². The summed E-state index contributed by atoms with van der Waals surface area (Å²) in [7, 11) is 1.66. The molecule has 108 valence electrons. The molecule has 1 heterocycles. The van der Waals surface area contributed by atoms with E-state index in [1.807, 2.05) is 24.3 Å². The van der Waals surface area contributed by atoms with E-state index in [9.17, 15) is 9.59 Å². The Morgan fingerprint density at radius 1 is 1.45 bits per heavy atom. The van der Waals surface area contributed by atoms with Gasteiger partial charge in [0.15, 0.2) is 5.78 Å². The predicted molar refractivity (Wildman–Crippen MR) is 81.7 cm³/mol. The van der Waals surface area contributed by atoms with E-state index >= 15 is 0 Å². The molecule has 1 aliphatic rings. The molecule has 1 N–H and O–H groups in total. The van der Waals surface area contributed by atoms with Crippen LogP contribution in [0.4, 0.5) is 0 Å². The second-order valence-electron chi connectivity index (χ2n) is 5.12. The highest BCUT2D eigenvalue weighted by molar-refractivity contribution is 9.10. The van der Waals surface area contributed by atoms with E-state index < -0.39 is 0 Å². The molecule has 1 amide bonds. The summed E-state index contributed by atoms with van der Waals surface area (Å²) in [5, 5.41) is 2.69. The second kappa shape index (κ2) is 6.99. The highest BCUT2D eigenvalue weighted by Gasteiger charge is 2.26. The fourth-order valence-corrected chi connectivity index (χ4v) is 2.97. The van der Waals surface area contributed by atoms with Crippen LogP contribution in [0.3, 0.4) is 0 Å². The van der Waals surface area contributed by atoms with Gasteiger partial charge >= 0.3 is 0 Å². The largest absolute Gasteiger partial charge is 0.359 e. The van der Waals surface area contributed by atoms with E-state index in [2.05, 4.69) is 26.1 Å². The van der Waals surface area contributed by atoms with Gasteiger partial charge in [-0.25, -0.2) is 0 Å². The Morgan fingerprint density at radius 3 is 2.95 bits per heavy atom. The number of carbonyl (C=O) groups is 2. The number of carbonyl (C=O) groups excluding carboxylic acids is 2. The van der Waals surface area contributed by atoms with Crippen molar-refractivity contribution in [3.05, 3.63) is 34.3 Å². The van der Waals surface area contributed by atoms with E-state index in [0.29, 0.717) is 18.7 Å². The molecule has 0 bridgehead atoms. The molecular weight excluding hydrogens is 320 g/mol. The number of amides is 1. The molecule has 1 atom stereocenters. The third kappa shape index (κ3) is 3.90. The summed E-state index contributed by atoms with van der Waals surface area (Å²) >= 11 is 3.37. The maximum Gasteiger partial charge on any atom is 0.224 e. The first-order valence-electron chi connectivity index (χ1n) is 6.83. The van der Waals surface area contributed by atoms with Crippen molar-refractivity contribution in [2.45, 2.75) is 12.8 Å². The summed E-state index contributed by atoms with van der Waals surface area (Å²) in [5.41, 5.74) is 0.710. The van der Waals surface area contributed by atoms with Gasteiger partial charge in [-0.15, -0.1) is 0 Å². The van der Waals surface area contributed by atoms with Gasteiger partial charge in [-0.1, -0.05) is 28.1 Å².